The van der Waals surface area contributed by atoms with E-state index in [1.807, 2.05) is 24.4 Å². The molecule has 0 aromatic carbocycles. The highest BCUT2D eigenvalue weighted by molar-refractivity contribution is 5.78. The van der Waals surface area contributed by atoms with Gasteiger partial charge in [0.05, 0.1) is 12.6 Å². The Kier molecular flexibility index (Phi) is 4.46. The molecule has 0 unspecified atom stereocenters. The highest BCUT2D eigenvalue weighted by Gasteiger charge is 2.33. The van der Waals surface area contributed by atoms with Crippen LogP contribution in [0, 0.1) is 11.8 Å². The molecule has 2 saturated heterocycles. The van der Waals surface area contributed by atoms with Crippen LogP contribution in [0.15, 0.2) is 24.4 Å². The van der Waals surface area contributed by atoms with Crippen molar-refractivity contribution in [2.24, 2.45) is 11.8 Å². The standard InChI is InChI=1S/C19H27N5O/c1-14-10-15(2)12-23(11-14)18(25)13-22-8-5-6-16(22)19-21-20-17-7-3-4-9-24(17)19/h3-4,7,9,14-16H,5-6,8,10-13H2,1-2H3/t14-,15+,16-/m0/s1. The molecule has 6 nitrogen and oxygen atoms in total. The van der Waals surface area contributed by atoms with Gasteiger partial charge in [0.2, 0.25) is 5.91 Å². The molecule has 25 heavy (non-hydrogen) atoms. The van der Waals surface area contributed by atoms with Gasteiger partial charge in [-0.25, -0.2) is 0 Å². The summed E-state index contributed by atoms with van der Waals surface area (Å²) in [6, 6.07) is 6.13. The smallest absolute Gasteiger partial charge is 0.236 e. The molecule has 134 valence electrons. The van der Waals surface area contributed by atoms with E-state index in [0.29, 0.717) is 18.4 Å². The molecule has 2 fully saturated rings. The van der Waals surface area contributed by atoms with Crippen LogP contribution in [0.2, 0.25) is 0 Å². The lowest BCUT2D eigenvalue weighted by molar-refractivity contribution is -0.135. The number of nitrogens with zero attached hydrogens (tertiary/aromatic N) is 5. The lowest BCUT2D eigenvalue weighted by Gasteiger charge is -2.36. The molecule has 0 spiro atoms. The Morgan fingerprint density at radius 2 is 2.00 bits per heavy atom. The van der Waals surface area contributed by atoms with Crippen molar-refractivity contribution in [3.8, 4) is 0 Å². The second-order valence-corrected chi connectivity index (χ2v) is 7.86. The Hall–Kier alpha value is -1.95. The van der Waals surface area contributed by atoms with Crippen LogP contribution < -0.4 is 0 Å². The van der Waals surface area contributed by atoms with Gasteiger partial charge in [0.1, 0.15) is 0 Å². The van der Waals surface area contributed by atoms with Gasteiger partial charge in [0.15, 0.2) is 11.5 Å². The summed E-state index contributed by atoms with van der Waals surface area (Å²) in [5, 5.41) is 8.70. The first-order valence-electron chi connectivity index (χ1n) is 9.43. The number of aromatic nitrogens is 3. The fourth-order valence-corrected chi connectivity index (χ4v) is 4.54. The number of fused-ring (bicyclic) bond motifs is 1. The first-order chi connectivity index (χ1) is 12.1. The largest absolute Gasteiger partial charge is 0.341 e. The summed E-state index contributed by atoms with van der Waals surface area (Å²) in [6.07, 6.45) is 5.38. The van der Waals surface area contributed by atoms with Crippen LogP contribution in [0.5, 0.6) is 0 Å². The Balaban J connectivity index is 1.49. The average Bonchev–Trinajstić information content (AvgIpc) is 3.20. The third-order valence-corrected chi connectivity index (χ3v) is 5.56. The fourth-order valence-electron chi connectivity index (χ4n) is 4.54. The van der Waals surface area contributed by atoms with Gasteiger partial charge in [0, 0.05) is 19.3 Å². The van der Waals surface area contributed by atoms with Crippen molar-refractivity contribution in [2.45, 2.75) is 39.2 Å². The molecule has 4 rings (SSSR count). The number of hydrogen-bond acceptors (Lipinski definition) is 4. The number of carbonyl (C=O) groups is 1. The van der Waals surface area contributed by atoms with Crippen molar-refractivity contribution >= 4 is 11.6 Å². The predicted octanol–water partition coefficient (Wildman–Crippen LogP) is 2.37. The number of likely N-dealkylation sites (tertiary alicyclic amines) is 2. The number of amides is 1. The van der Waals surface area contributed by atoms with Crippen molar-refractivity contribution in [3.05, 3.63) is 30.2 Å². The summed E-state index contributed by atoms with van der Waals surface area (Å²) in [6.45, 7) is 7.74. The molecule has 0 aliphatic carbocycles. The quantitative estimate of drug-likeness (QED) is 0.860. The number of piperidine rings is 1. The van der Waals surface area contributed by atoms with Gasteiger partial charge in [-0.3, -0.25) is 14.1 Å². The van der Waals surface area contributed by atoms with Crippen LogP contribution in [0.25, 0.3) is 5.65 Å². The van der Waals surface area contributed by atoms with Crippen LogP contribution in [-0.4, -0.2) is 56.5 Å². The molecule has 0 saturated carbocycles. The van der Waals surface area contributed by atoms with E-state index in [1.165, 1.54) is 6.42 Å². The summed E-state index contributed by atoms with van der Waals surface area (Å²) in [4.78, 5) is 17.2. The maximum absolute atomic E-state index is 12.9. The third-order valence-electron chi connectivity index (χ3n) is 5.56. The third kappa shape index (κ3) is 3.27. The van der Waals surface area contributed by atoms with E-state index >= 15 is 0 Å². The molecule has 0 radical (unpaired) electrons. The molecule has 3 atom stereocenters. The van der Waals surface area contributed by atoms with E-state index in [9.17, 15) is 4.79 Å². The zero-order valence-electron chi connectivity index (χ0n) is 15.1. The first-order valence-corrected chi connectivity index (χ1v) is 9.43. The molecule has 4 heterocycles. The van der Waals surface area contributed by atoms with Crippen molar-refractivity contribution < 1.29 is 4.79 Å². The highest BCUT2D eigenvalue weighted by Crippen LogP contribution is 2.31. The summed E-state index contributed by atoms with van der Waals surface area (Å²) >= 11 is 0. The molecule has 0 N–H and O–H groups in total. The van der Waals surface area contributed by atoms with Crippen LogP contribution in [0.4, 0.5) is 0 Å². The van der Waals surface area contributed by atoms with E-state index in [1.54, 1.807) is 0 Å². The highest BCUT2D eigenvalue weighted by atomic mass is 16.2. The SMILES string of the molecule is C[C@@H]1C[C@H](C)CN(C(=O)CN2CCC[C@H]2c2nnc3ccccn23)C1. The van der Waals surface area contributed by atoms with Gasteiger partial charge in [-0.05, 0) is 49.8 Å². The lowest BCUT2D eigenvalue weighted by atomic mass is 9.92. The predicted molar refractivity (Wildman–Crippen MR) is 96.1 cm³/mol. The summed E-state index contributed by atoms with van der Waals surface area (Å²) in [5.41, 5.74) is 0.870. The Labute approximate surface area is 148 Å². The number of pyridine rings is 1. The average molecular weight is 341 g/mol. The number of rotatable bonds is 3. The molecule has 6 heteroatoms. The Morgan fingerprint density at radius 3 is 2.80 bits per heavy atom. The second-order valence-electron chi connectivity index (χ2n) is 7.86. The van der Waals surface area contributed by atoms with Gasteiger partial charge < -0.3 is 4.90 Å². The Bertz CT molecular complexity index is 747. The first kappa shape index (κ1) is 16.5. The summed E-state index contributed by atoms with van der Waals surface area (Å²) < 4.78 is 2.05. The monoisotopic (exact) mass is 341 g/mol. The molecule has 1 amide bonds. The molecule has 2 aliphatic rings. The van der Waals surface area contributed by atoms with Gasteiger partial charge in [-0.2, -0.15) is 0 Å². The van der Waals surface area contributed by atoms with Gasteiger partial charge >= 0.3 is 0 Å². The van der Waals surface area contributed by atoms with Crippen molar-refractivity contribution in [1.29, 1.82) is 0 Å². The van der Waals surface area contributed by atoms with E-state index < -0.39 is 0 Å². The Morgan fingerprint density at radius 1 is 1.20 bits per heavy atom. The van der Waals surface area contributed by atoms with E-state index in [2.05, 4.69) is 38.2 Å². The minimum atomic E-state index is 0.181. The normalized spacial score (nSPS) is 27.9. The molecule has 2 aromatic rings. The second kappa shape index (κ2) is 6.75. The molecular formula is C19H27N5O. The van der Waals surface area contributed by atoms with Gasteiger partial charge in [-0.1, -0.05) is 19.9 Å². The number of hydrogen-bond donors (Lipinski definition) is 0. The maximum Gasteiger partial charge on any atom is 0.236 e. The van der Waals surface area contributed by atoms with Crippen LogP contribution in [0.1, 0.15) is 45.0 Å². The zero-order chi connectivity index (χ0) is 17.4. The lowest BCUT2D eigenvalue weighted by Crippen LogP contribution is -2.47. The molecular weight excluding hydrogens is 314 g/mol. The van der Waals surface area contributed by atoms with Crippen LogP contribution >= 0.6 is 0 Å². The van der Waals surface area contributed by atoms with Crippen LogP contribution in [-0.2, 0) is 4.79 Å². The maximum atomic E-state index is 12.9. The molecule has 2 aromatic heterocycles. The topological polar surface area (TPSA) is 53.7 Å². The van der Waals surface area contributed by atoms with Crippen molar-refractivity contribution in [1.82, 2.24) is 24.4 Å². The fraction of sp³-hybridized carbons (Fsp3) is 0.632. The minimum absolute atomic E-state index is 0.181. The minimum Gasteiger partial charge on any atom is -0.341 e. The zero-order valence-corrected chi connectivity index (χ0v) is 15.1. The van der Waals surface area contributed by atoms with Crippen molar-refractivity contribution in [2.75, 3.05) is 26.2 Å². The van der Waals surface area contributed by atoms with E-state index in [-0.39, 0.29) is 11.9 Å². The summed E-state index contributed by atoms with van der Waals surface area (Å²) in [7, 11) is 0. The van der Waals surface area contributed by atoms with Crippen LogP contribution in [0.3, 0.4) is 0 Å². The van der Waals surface area contributed by atoms with E-state index in [4.69, 9.17) is 0 Å². The molecule has 2 aliphatic heterocycles. The summed E-state index contributed by atoms with van der Waals surface area (Å²) in [5.74, 6) is 2.42. The van der Waals surface area contributed by atoms with E-state index in [0.717, 1.165) is 43.9 Å². The van der Waals surface area contributed by atoms with Gasteiger partial charge in [-0.15, -0.1) is 10.2 Å². The van der Waals surface area contributed by atoms with Crippen molar-refractivity contribution in [3.63, 3.8) is 0 Å². The number of carbonyl (C=O) groups excluding carboxylic acids is 1. The molecule has 0 bridgehead atoms. The van der Waals surface area contributed by atoms with Gasteiger partial charge in [0.25, 0.3) is 0 Å².